The number of rotatable bonds is 2. The molecule has 1 aliphatic heterocycles. The molecule has 1 heterocycles. The van der Waals surface area contributed by atoms with Crippen molar-refractivity contribution in [1.82, 2.24) is 3.71 Å². The lowest BCUT2D eigenvalue weighted by Gasteiger charge is -2.18. The molecule has 1 aromatic carbocycles. The van der Waals surface area contributed by atoms with Crippen molar-refractivity contribution in [1.29, 1.82) is 0 Å². The van der Waals surface area contributed by atoms with Gasteiger partial charge in [0.25, 0.3) is 10.0 Å². The van der Waals surface area contributed by atoms with E-state index in [0.717, 1.165) is 17.0 Å². The van der Waals surface area contributed by atoms with Gasteiger partial charge in [-0.2, -0.15) is 0 Å². The number of nitrogens with zero attached hydrogens (tertiary/aromatic N) is 1. The van der Waals surface area contributed by atoms with Crippen LogP contribution in [0, 0.1) is 6.92 Å². The van der Waals surface area contributed by atoms with Gasteiger partial charge in [-0.05, 0) is 37.9 Å². The van der Waals surface area contributed by atoms with Crippen LogP contribution < -0.4 is 0 Å². The fourth-order valence-corrected chi connectivity index (χ4v) is 4.32. The van der Waals surface area contributed by atoms with Crippen molar-refractivity contribution in [3.05, 3.63) is 41.6 Å². The Bertz CT molecular complexity index is 517. The highest BCUT2D eigenvalue weighted by atomic mass is 32.3. The van der Waals surface area contributed by atoms with Crippen LogP contribution in [-0.2, 0) is 10.0 Å². The Kier molecular flexibility index (Phi) is 2.99. The van der Waals surface area contributed by atoms with Gasteiger partial charge >= 0.3 is 0 Å². The molecule has 0 saturated carbocycles. The Morgan fingerprint density at radius 1 is 1.19 bits per heavy atom. The van der Waals surface area contributed by atoms with Crippen LogP contribution in [0.4, 0.5) is 0 Å². The van der Waals surface area contributed by atoms with Crippen molar-refractivity contribution in [2.24, 2.45) is 0 Å². The topological polar surface area (TPSA) is 37.4 Å². The Morgan fingerprint density at radius 3 is 2.31 bits per heavy atom. The van der Waals surface area contributed by atoms with Crippen LogP contribution in [0.15, 0.2) is 40.9 Å². The molecular formula is C11H13NO2S2. The number of hydrogen-bond acceptors (Lipinski definition) is 3. The molecule has 5 heteroatoms. The van der Waals surface area contributed by atoms with Gasteiger partial charge in [0.15, 0.2) is 0 Å². The molecule has 0 aliphatic carbocycles. The number of hydrogen-bond donors (Lipinski definition) is 0. The summed E-state index contributed by atoms with van der Waals surface area (Å²) in [5, 5.41) is 0. The highest BCUT2D eigenvalue weighted by Crippen LogP contribution is 2.32. The van der Waals surface area contributed by atoms with Gasteiger partial charge in [0.1, 0.15) is 0 Å². The lowest BCUT2D eigenvalue weighted by molar-refractivity contribution is 0.567. The van der Waals surface area contributed by atoms with E-state index in [1.54, 1.807) is 12.1 Å². The van der Waals surface area contributed by atoms with Crippen molar-refractivity contribution < 1.29 is 8.42 Å². The highest BCUT2D eigenvalue weighted by molar-refractivity contribution is 8.09. The molecule has 0 fully saturated rings. The van der Waals surface area contributed by atoms with E-state index in [0.29, 0.717) is 4.90 Å². The van der Waals surface area contributed by atoms with Gasteiger partial charge in [-0.1, -0.05) is 23.8 Å². The summed E-state index contributed by atoms with van der Waals surface area (Å²) in [6, 6.07) is 6.92. The maximum Gasteiger partial charge on any atom is 0.273 e. The molecule has 1 aliphatic rings. The second-order valence-corrected chi connectivity index (χ2v) is 6.66. The van der Waals surface area contributed by atoms with Crippen LogP contribution in [0.5, 0.6) is 0 Å². The molecule has 0 N–H and O–H groups in total. The van der Waals surface area contributed by atoms with Crippen LogP contribution in [-0.4, -0.2) is 17.9 Å². The van der Waals surface area contributed by atoms with E-state index in [4.69, 9.17) is 0 Å². The van der Waals surface area contributed by atoms with E-state index in [2.05, 4.69) is 0 Å². The van der Waals surface area contributed by atoms with Crippen LogP contribution >= 0.6 is 11.9 Å². The van der Waals surface area contributed by atoms with E-state index in [9.17, 15) is 8.42 Å². The predicted octanol–water partition coefficient (Wildman–Crippen LogP) is 2.55. The van der Waals surface area contributed by atoms with Crippen molar-refractivity contribution in [3.8, 4) is 0 Å². The summed E-state index contributed by atoms with van der Waals surface area (Å²) in [7, 11) is -3.38. The first-order valence-electron chi connectivity index (χ1n) is 4.93. The van der Waals surface area contributed by atoms with Gasteiger partial charge in [-0.3, -0.25) is 0 Å². The molecular weight excluding hydrogens is 242 g/mol. The minimum absolute atomic E-state index is 0.347. The Balaban J connectivity index is 2.39. The molecule has 0 atom stereocenters. The summed E-state index contributed by atoms with van der Waals surface area (Å²) in [4.78, 5) is 0.347. The first-order chi connectivity index (χ1) is 7.51. The quantitative estimate of drug-likeness (QED) is 0.762. The lowest BCUT2D eigenvalue weighted by Crippen LogP contribution is -2.20. The third-order valence-corrected chi connectivity index (χ3v) is 5.73. The average molecular weight is 255 g/mol. The first kappa shape index (κ1) is 11.5. The average Bonchev–Trinajstić information content (AvgIpc) is 2.66. The number of sulfonamides is 1. The third kappa shape index (κ3) is 1.97. The van der Waals surface area contributed by atoms with E-state index >= 15 is 0 Å². The van der Waals surface area contributed by atoms with Crippen molar-refractivity contribution in [3.63, 3.8) is 0 Å². The minimum atomic E-state index is -3.38. The summed E-state index contributed by atoms with van der Waals surface area (Å²) in [5.74, 6) is 0.719. The molecule has 0 radical (unpaired) electrons. The Morgan fingerprint density at radius 2 is 1.81 bits per heavy atom. The molecule has 0 aromatic heterocycles. The van der Waals surface area contributed by atoms with Gasteiger partial charge in [0.05, 0.1) is 4.90 Å². The second-order valence-electron chi connectivity index (χ2n) is 3.69. The molecule has 0 spiro atoms. The highest BCUT2D eigenvalue weighted by Gasteiger charge is 2.27. The van der Waals surface area contributed by atoms with Crippen LogP contribution in [0.2, 0.25) is 0 Å². The monoisotopic (exact) mass is 255 g/mol. The second kappa shape index (κ2) is 4.14. The third-order valence-electron chi connectivity index (χ3n) is 2.40. The number of allylic oxidation sites excluding steroid dienone is 1. The Hall–Kier alpha value is -0.940. The zero-order chi connectivity index (χ0) is 11.8. The fourth-order valence-electron chi connectivity index (χ4n) is 1.47. The summed E-state index contributed by atoms with van der Waals surface area (Å²) in [6.07, 6.45) is 1.91. The van der Waals surface area contributed by atoms with E-state index in [-0.39, 0.29) is 0 Å². The zero-order valence-corrected chi connectivity index (χ0v) is 10.8. The number of aryl methyl sites for hydroxylation is 1. The standard InChI is InChI=1S/C11H13NO2S2/c1-9-3-5-11(6-4-9)16(13,14)12-10(2)7-8-15-12/h3-7H,8H2,1-2H3. The lowest BCUT2D eigenvalue weighted by atomic mass is 10.2. The molecule has 16 heavy (non-hydrogen) atoms. The summed E-state index contributed by atoms with van der Waals surface area (Å²) in [5.41, 5.74) is 1.84. The van der Waals surface area contributed by atoms with Crippen LogP contribution in [0.25, 0.3) is 0 Å². The maximum atomic E-state index is 12.2. The van der Waals surface area contributed by atoms with Gasteiger partial charge < -0.3 is 0 Å². The summed E-state index contributed by atoms with van der Waals surface area (Å²) >= 11 is 1.31. The molecule has 0 saturated heterocycles. The minimum Gasteiger partial charge on any atom is -0.212 e. The molecule has 2 rings (SSSR count). The van der Waals surface area contributed by atoms with Crippen molar-refractivity contribution in [2.75, 3.05) is 5.75 Å². The van der Waals surface area contributed by atoms with Crippen molar-refractivity contribution >= 4 is 22.0 Å². The predicted molar refractivity (Wildman–Crippen MR) is 66.4 cm³/mol. The normalized spacial score (nSPS) is 16.4. The fraction of sp³-hybridized carbons (Fsp3) is 0.273. The molecule has 86 valence electrons. The SMILES string of the molecule is CC1=CCSN1S(=O)(=O)c1ccc(C)cc1. The summed E-state index contributed by atoms with van der Waals surface area (Å²) < 4.78 is 25.8. The van der Waals surface area contributed by atoms with E-state index in [1.165, 1.54) is 15.7 Å². The Labute approximate surface area is 100 Å². The first-order valence-corrected chi connectivity index (χ1v) is 7.32. The molecule has 1 aromatic rings. The smallest absolute Gasteiger partial charge is 0.212 e. The van der Waals surface area contributed by atoms with E-state index in [1.807, 2.05) is 32.1 Å². The number of benzene rings is 1. The van der Waals surface area contributed by atoms with E-state index < -0.39 is 10.0 Å². The van der Waals surface area contributed by atoms with Gasteiger partial charge in [-0.25, -0.2) is 12.1 Å². The molecule has 0 amide bonds. The molecule has 0 bridgehead atoms. The molecule has 0 unspecified atom stereocenters. The van der Waals surface area contributed by atoms with Crippen LogP contribution in [0.1, 0.15) is 12.5 Å². The zero-order valence-electron chi connectivity index (χ0n) is 9.17. The van der Waals surface area contributed by atoms with Crippen LogP contribution in [0.3, 0.4) is 0 Å². The van der Waals surface area contributed by atoms with Gasteiger partial charge in [0, 0.05) is 11.4 Å². The van der Waals surface area contributed by atoms with Gasteiger partial charge in [-0.15, -0.1) is 0 Å². The maximum absolute atomic E-state index is 12.2. The van der Waals surface area contributed by atoms with Gasteiger partial charge in [0.2, 0.25) is 0 Å². The largest absolute Gasteiger partial charge is 0.273 e. The summed E-state index contributed by atoms with van der Waals surface area (Å²) in [6.45, 7) is 3.75. The molecule has 3 nitrogen and oxygen atoms in total. The van der Waals surface area contributed by atoms with Crippen molar-refractivity contribution in [2.45, 2.75) is 18.7 Å².